The van der Waals surface area contributed by atoms with Crippen LogP contribution >= 0.6 is 11.3 Å². The number of hydrogen-bond acceptors (Lipinski definition) is 4. The summed E-state index contributed by atoms with van der Waals surface area (Å²) in [7, 11) is 0. The van der Waals surface area contributed by atoms with E-state index in [2.05, 4.69) is 65.7 Å². The maximum absolute atomic E-state index is 9.17. The minimum Gasteiger partial charge on any atom is -0.263 e. The molecule has 3 aromatic heterocycles. The Hall–Kier alpha value is -4.07. The van der Waals surface area contributed by atoms with E-state index in [-0.39, 0.29) is 0 Å². The van der Waals surface area contributed by atoms with Crippen LogP contribution in [0, 0.1) is 11.3 Å². The summed E-state index contributed by atoms with van der Waals surface area (Å²) in [5.74, 6) is 0. The van der Waals surface area contributed by atoms with Gasteiger partial charge in [-0.05, 0) is 47.2 Å². The predicted octanol–water partition coefficient (Wildman–Crippen LogP) is 7.20. The molecule has 0 aliphatic heterocycles. The van der Waals surface area contributed by atoms with Crippen LogP contribution in [-0.2, 0) is 0 Å². The summed E-state index contributed by atoms with van der Waals surface area (Å²) in [6.45, 7) is 0. The van der Waals surface area contributed by atoms with E-state index in [9.17, 15) is 5.26 Å². The Balaban J connectivity index is 1.54. The minimum atomic E-state index is 0.530. The van der Waals surface area contributed by atoms with Crippen molar-refractivity contribution in [2.24, 2.45) is 0 Å². The maximum Gasteiger partial charge on any atom is 0.101 e. The first-order chi connectivity index (χ1) is 15.3. The first-order valence-electron chi connectivity index (χ1n) is 9.97. The van der Waals surface area contributed by atoms with Gasteiger partial charge in [-0.25, -0.2) is 4.98 Å². The fraction of sp³-hybridized carbons (Fsp3) is 0. The fourth-order valence-corrected chi connectivity index (χ4v) is 5.21. The molecule has 0 fully saturated rings. The Kier molecular flexibility index (Phi) is 4.02. The second-order valence-electron chi connectivity index (χ2n) is 7.45. The molecule has 0 bridgehead atoms. The van der Waals surface area contributed by atoms with Gasteiger partial charge < -0.3 is 0 Å². The molecule has 0 spiro atoms. The van der Waals surface area contributed by atoms with E-state index in [1.165, 1.54) is 30.9 Å². The summed E-state index contributed by atoms with van der Waals surface area (Å²) < 4.78 is 2.57. The van der Waals surface area contributed by atoms with Crippen LogP contribution < -0.4 is 0 Å². The van der Waals surface area contributed by atoms with Crippen molar-refractivity contribution in [2.75, 3.05) is 0 Å². The van der Waals surface area contributed by atoms with Gasteiger partial charge in [-0.15, -0.1) is 11.3 Å². The van der Waals surface area contributed by atoms with Crippen LogP contribution in [0.2, 0.25) is 0 Å². The lowest BCUT2D eigenvalue weighted by molar-refractivity contribution is 1.26. The lowest BCUT2D eigenvalue weighted by Gasteiger charge is -2.06. The number of pyridine rings is 2. The van der Waals surface area contributed by atoms with Crippen LogP contribution in [0.1, 0.15) is 5.56 Å². The first-order valence-corrected chi connectivity index (χ1v) is 10.8. The third-order valence-corrected chi connectivity index (χ3v) is 6.70. The maximum atomic E-state index is 9.17. The Morgan fingerprint density at radius 3 is 2.45 bits per heavy atom. The molecule has 3 heterocycles. The molecule has 6 rings (SSSR count). The van der Waals surface area contributed by atoms with Crippen LogP contribution in [0.3, 0.4) is 0 Å². The van der Waals surface area contributed by atoms with Crippen molar-refractivity contribution in [2.45, 2.75) is 0 Å². The molecule has 3 aromatic carbocycles. The topological polar surface area (TPSA) is 49.6 Å². The molecule has 31 heavy (non-hydrogen) atoms. The van der Waals surface area contributed by atoms with E-state index < -0.39 is 0 Å². The average molecular weight is 414 g/mol. The van der Waals surface area contributed by atoms with Crippen molar-refractivity contribution in [3.63, 3.8) is 0 Å². The van der Waals surface area contributed by atoms with Gasteiger partial charge in [0, 0.05) is 43.7 Å². The molecular formula is C27H15N3S. The summed E-state index contributed by atoms with van der Waals surface area (Å²) in [6, 6.07) is 29.5. The highest BCUT2D eigenvalue weighted by Gasteiger charge is 2.11. The third kappa shape index (κ3) is 2.95. The molecule has 0 aliphatic carbocycles. The third-order valence-electron chi connectivity index (χ3n) is 5.57. The quantitative estimate of drug-likeness (QED) is 0.301. The summed E-state index contributed by atoms with van der Waals surface area (Å²) in [5.41, 5.74) is 4.16. The molecule has 0 aliphatic rings. The van der Waals surface area contributed by atoms with E-state index in [0.29, 0.717) is 5.56 Å². The van der Waals surface area contributed by atoms with Gasteiger partial charge in [-0.2, -0.15) is 5.26 Å². The molecule has 144 valence electrons. The number of nitriles is 1. The SMILES string of the molecule is N#Cc1cncc(-c2cccc(-c3ccc4sc5ccc6ccccc6c5c4c3)n2)c1. The number of benzene rings is 3. The van der Waals surface area contributed by atoms with Gasteiger partial charge in [0.15, 0.2) is 0 Å². The highest BCUT2D eigenvalue weighted by Crippen LogP contribution is 2.40. The van der Waals surface area contributed by atoms with Crippen molar-refractivity contribution < 1.29 is 0 Å². The number of fused-ring (bicyclic) bond motifs is 5. The monoisotopic (exact) mass is 413 g/mol. The van der Waals surface area contributed by atoms with E-state index in [0.717, 1.165) is 22.5 Å². The van der Waals surface area contributed by atoms with Crippen LogP contribution in [0.25, 0.3) is 53.5 Å². The predicted molar refractivity (Wildman–Crippen MR) is 128 cm³/mol. The van der Waals surface area contributed by atoms with Crippen molar-refractivity contribution in [3.05, 3.63) is 96.8 Å². The number of rotatable bonds is 2. The van der Waals surface area contributed by atoms with E-state index in [1.807, 2.05) is 35.6 Å². The standard InChI is InChI=1S/C27H15N3S/c28-14-17-12-20(16-29-15-17)24-7-3-6-23(30-24)19-9-10-25-22(13-19)27-21-5-2-1-4-18(21)8-11-26(27)31-25/h1-13,15-16H. The van der Waals surface area contributed by atoms with Crippen molar-refractivity contribution in [3.8, 4) is 28.6 Å². The summed E-state index contributed by atoms with van der Waals surface area (Å²) in [5, 5.41) is 14.3. The van der Waals surface area contributed by atoms with Gasteiger partial charge >= 0.3 is 0 Å². The van der Waals surface area contributed by atoms with E-state index in [4.69, 9.17) is 4.98 Å². The average Bonchev–Trinajstić information content (AvgIpc) is 3.22. The van der Waals surface area contributed by atoms with Gasteiger partial charge in [-0.1, -0.05) is 42.5 Å². The zero-order valence-electron chi connectivity index (χ0n) is 16.4. The minimum absolute atomic E-state index is 0.530. The van der Waals surface area contributed by atoms with Gasteiger partial charge in [0.25, 0.3) is 0 Å². The van der Waals surface area contributed by atoms with Crippen molar-refractivity contribution >= 4 is 42.3 Å². The smallest absolute Gasteiger partial charge is 0.101 e. The zero-order chi connectivity index (χ0) is 20.8. The molecule has 0 unspecified atom stereocenters. The van der Waals surface area contributed by atoms with Crippen LogP contribution in [0.5, 0.6) is 0 Å². The fourth-order valence-electron chi connectivity index (χ4n) is 4.10. The number of nitrogens with zero attached hydrogens (tertiary/aromatic N) is 3. The molecule has 3 nitrogen and oxygen atoms in total. The summed E-state index contributed by atoms with van der Waals surface area (Å²) in [6.07, 6.45) is 3.31. The highest BCUT2D eigenvalue weighted by molar-refractivity contribution is 7.26. The van der Waals surface area contributed by atoms with E-state index in [1.54, 1.807) is 12.4 Å². The largest absolute Gasteiger partial charge is 0.263 e. The summed E-state index contributed by atoms with van der Waals surface area (Å²) >= 11 is 1.83. The molecule has 0 N–H and O–H groups in total. The van der Waals surface area contributed by atoms with Crippen molar-refractivity contribution in [1.29, 1.82) is 5.26 Å². The Labute approximate surface area is 182 Å². The molecule has 0 saturated heterocycles. The lowest BCUT2D eigenvalue weighted by Crippen LogP contribution is -1.89. The molecule has 0 radical (unpaired) electrons. The highest BCUT2D eigenvalue weighted by atomic mass is 32.1. The molecule has 0 amide bonds. The van der Waals surface area contributed by atoms with Gasteiger partial charge in [0.05, 0.1) is 17.0 Å². The molecule has 0 atom stereocenters. The normalized spacial score (nSPS) is 11.2. The van der Waals surface area contributed by atoms with Crippen LogP contribution in [0.15, 0.2) is 91.3 Å². The molecule has 4 heteroatoms. The Bertz CT molecular complexity index is 1660. The second-order valence-corrected chi connectivity index (χ2v) is 8.54. The Morgan fingerprint density at radius 1 is 0.710 bits per heavy atom. The number of hydrogen-bond donors (Lipinski definition) is 0. The number of aromatic nitrogens is 2. The molecule has 0 saturated carbocycles. The van der Waals surface area contributed by atoms with Gasteiger partial charge in [0.2, 0.25) is 0 Å². The Morgan fingerprint density at radius 2 is 1.55 bits per heavy atom. The molecule has 6 aromatic rings. The second kappa shape index (κ2) is 7.02. The van der Waals surface area contributed by atoms with Crippen LogP contribution in [-0.4, -0.2) is 9.97 Å². The molecular weight excluding hydrogens is 398 g/mol. The van der Waals surface area contributed by atoms with Gasteiger partial charge in [-0.3, -0.25) is 4.98 Å². The van der Waals surface area contributed by atoms with Crippen molar-refractivity contribution in [1.82, 2.24) is 9.97 Å². The number of thiophene rings is 1. The van der Waals surface area contributed by atoms with Gasteiger partial charge in [0.1, 0.15) is 6.07 Å². The zero-order valence-corrected chi connectivity index (χ0v) is 17.2. The van der Waals surface area contributed by atoms with Crippen LogP contribution in [0.4, 0.5) is 0 Å². The lowest BCUT2D eigenvalue weighted by atomic mass is 10.0. The first kappa shape index (κ1) is 17.8. The van der Waals surface area contributed by atoms with E-state index >= 15 is 0 Å². The summed E-state index contributed by atoms with van der Waals surface area (Å²) in [4.78, 5) is 9.05.